The Kier molecular flexibility index (Phi) is 3.40. The van der Waals surface area contributed by atoms with Crippen molar-refractivity contribution in [3.05, 3.63) is 0 Å². The zero-order chi connectivity index (χ0) is 8.10. The third-order valence-corrected chi connectivity index (χ3v) is 2.61. The van der Waals surface area contributed by atoms with Crippen LogP contribution in [0.3, 0.4) is 0 Å². The fourth-order valence-corrected chi connectivity index (χ4v) is 1.91. The van der Waals surface area contributed by atoms with Gasteiger partial charge in [-0.15, -0.1) is 0 Å². The third-order valence-electron chi connectivity index (χ3n) is 2.61. The van der Waals surface area contributed by atoms with E-state index in [9.17, 15) is 0 Å². The lowest BCUT2D eigenvalue weighted by Gasteiger charge is -2.29. The number of ether oxygens (including phenoxy) is 1. The lowest BCUT2D eigenvalue weighted by molar-refractivity contribution is 0.0857. The molecule has 0 heterocycles. The SMILES string of the molecule is CCC1CCCCC1OC=N. The zero-order valence-electron chi connectivity index (χ0n) is 7.18. The molecule has 64 valence electrons. The van der Waals surface area contributed by atoms with E-state index in [0.717, 1.165) is 12.8 Å². The highest BCUT2D eigenvalue weighted by atomic mass is 16.5. The quantitative estimate of drug-likeness (QED) is 0.493. The Balaban J connectivity index is 2.37. The van der Waals surface area contributed by atoms with Crippen LogP contribution in [-0.4, -0.2) is 12.5 Å². The van der Waals surface area contributed by atoms with Crippen molar-refractivity contribution in [2.75, 3.05) is 0 Å². The molecule has 1 fully saturated rings. The van der Waals surface area contributed by atoms with E-state index in [1.165, 1.54) is 25.7 Å². The first kappa shape index (κ1) is 8.57. The van der Waals surface area contributed by atoms with Crippen molar-refractivity contribution in [3.8, 4) is 0 Å². The Labute approximate surface area is 68.5 Å². The van der Waals surface area contributed by atoms with E-state index in [2.05, 4.69) is 6.92 Å². The van der Waals surface area contributed by atoms with E-state index in [1.54, 1.807) is 0 Å². The van der Waals surface area contributed by atoms with Crippen LogP contribution in [0.2, 0.25) is 0 Å². The monoisotopic (exact) mass is 155 g/mol. The maximum atomic E-state index is 6.86. The van der Waals surface area contributed by atoms with Crippen molar-refractivity contribution in [2.24, 2.45) is 5.92 Å². The van der Waals surface area contributed by atoms with Crippen molar-refractivity contribution in [1.29, 1.82) is 5.41 Å². The molecule has 0 amide bonds. The molecule has 1 rings (SSSR count). The molecule has 2 atom stereocenters. The fraction of sp³-hybridized carbons (Fsp3) is 0.889. The summed E-state index contributed by atoms with van der Waals surface area (Å²) >= 11 is 0. The summed E-state index contributed by atoms with van der Waals surface area (Å²) in [6, 6.07) is 0. The molecule has 2 unspecified atom stereocenters. The van der Waals surface area contributed by atoms with Crippen LogP contribution < -0.4 is 0 Å². The molecule has 1 aliphatic carbocycles. The summed E-state index contributed by atoms with van der Waals surface area (Å²) in [5.74, 6) is 0.699. The molecular formula is C9H17NO. The van der Waals surface area contributed by atoms with E-state index >= 15 is 0 Å². The number of rotatable bonds is 3. The molecule has 1 aliphatic rings. The van der Waals surface area contributed by atoms with E-state index in [-0.39, 0.29) is 0 Å². The van der Waals surface area contributed by atoms with Crippen molar-refractivity contribution in [1.82, 2.24) is 0 Å². The van der Waals surface area contributed by atoms with Crippen LogP contribution in [0.4, 0.5) is 0 Å². The molecule has 11 heavy (non-hydrogen) atoms. The Morgan fingerprint density at radius 2 is 2.18 bits per heavy atom. The lowest BCUT2D eigenvalue weighted by Crippen LogP contribution is -2.26. The van der Waals surface area contributed by atoms with E-state index in [1.807, 2.05) is 0 Å². The maximum absolute atomic E-state index is 6.86. The first-order valence-corrected chi connectivity index (χ1v) is 4.53. The minimum Gasteiger partial charge on any atom is -0.480 e. The van der Waals surface area contributed by atoms with Gasteiger partial charge in [0.05, 0.1) is 0 Å². The molecular weight excluding hydrogens is 138 g/mol. The molecule has 0 aliphatic heterocycles. The topological polar surface area (TPSA) is 33.1 Å². The molecule has 2 heteroatoms. The van der Waals surface area contributed by atoms with Crippen LogP contribution >= 0.6 is 0 Å². The number of hydrogen-bond donors (Lipinski definition) is 1. The minimum atomic E-state index is 0.339. The largest absolute Gasteiger partial charge is 0.480 e. The summed E-state index contributed by atoms with van der Waals surface area (Å²) in [6.07, 6.45) is 7.68. The van der Waals surface area contributed by atoms with Crippen molar-refractivity contribution < 1.29 is 4.74 Å². The fourth-order valence-electron chi connectivity index (χ4n) is 1.91. The Bertz CT molecular complexity index is 125. The summed E-state index contributed by atoms with van der Waals surface area (Å²) in [7, 11) is 0. The van der Waals surface area contributed by atoms with Crippen LogP contribution in [0.1, 0.15) is 39.0 Å². The van der Waals surface area contributed by atoms with E-state index < -0.39 is 0 Å². The van der Waals surface area contributed by atoms with Gasteiger partial charge in [0.15, 0.2) is 6.40 Å². The number of nitrogens with one attached hydrogen (secondary N) is 1. The third kappa shape index (κ3) is 2.21. The highest BCUT2D eigenvalue weighted by Crippen LogP contribution is 2.28. The smallest absolute Gasteiger partial charge is 0.167 e. The summed E-state index contributed by atoms with van der Waals surface area (Å²) in [5.41, 5.74) is 0. The Morgan fingerprint density at radius 1 is 1.45 bits per heavy atom. The summed E-state index contributed by atoms with van der Waals surface area (Å²) in [6.45, 7) is 2.20. The molecule has 0 aromatic rings. The second-order valence-electron chi connectivity index (χ2n) is 3.25. The maximum Gasteiger partial charge on any atom is 0.167 e. The molecule has 0 aromatic heterocycles. The highest BCUT2D eigenvalue weighted by molar-refractivity contribution is 5.41. The highest BCUT2D eigenvalue weighted by Gasteiger charge is 2.23. The molecule has 2 nitrogen and oxygen atoms in total. The van der Waals surface area contributed by atoms with Gasteiger partial charge in [-0.1, -0.05) is 13.3 Å². The average Bonchev–Trinajstić information content (AvgIpc) is 2.06. The second kappa shape index (κ2) is 4.37. The van der Waals surface area contributed by atoms with Crippen LogP contribution in [0.5, 0.6) is 0 Å². The Hall–Kier alpha value is -0.530. The summed E-state index contributed by atoms with van der Waals surface area (Å²) in [4.78, 5) is 0. The van der Waals surface area contributed by atoms with Gasteiger partial charge < -0.3 is 4.74 Å². The van der Waals surface area contributed by atoms with Gasteiger partial charge in [0.1, 0.15) is 6.10 Å². The van der Waals surface area contributed by atoms with E-state index in [0.29, 0.717) is 12.0 Å². The first-order chi connectivity index (χ1) is 5.38. The zero-order valence-corrected chi connectivity index (χ0v) is 7.18. The van der Waals surface area contributed by atoms with Crippen LogP contribution in [0.15, 0.2) is 0 Å². The first-order valence-electron chi connectivity index (χ1n) is 4.53. The van der Waals surface area contributed by atoms with Gasteiger partial charge in [0.25, 0.3) is 0 Å². The van der Waals surface area contributed by atoms with Crippen LogP contribution in [0.25, 0.3) is 0 Å². The second-order valence-corrected chi connectivity index (χ2v) is 3.25. The standard InChI is InChI=1S/C9H17NO/c1-2-8-5-3-4-6-9(8)11-7-10/h7-10H,2-6H2,1H3. The van der Waals surface area contributed by atoms with Crippen molar-refractivity contribution >= 4 is 6.40 Å². The number of hydrogen-bond acceptors (Lipinski definition) is 2. The predicted octanol–water partition coefficient (Wildman–Crippen LogP) is 2.58. The normalized spacial score (nSPS) is 31.4. The summed E-state index contributed by atoms with van der Waals surface area (Å²) < 4.78 is 5.23. The molecule has 0 spiro atoms. The van der Waals surface area contributed by atoms with Crippen molar-refractivity contribution in [3.63, 3.8) is 0 Å². The Morgan fingerprint density at radius 3 is 2.82 bits per heavy atom. The van der Waals surface area contributed by atoms with Gasteiger partial charge in [-0.25, -0.2) is 0 Å². The molecule has 0 aromatic carbocycles. The van der Waals surface area contributed by atoms with Gasteiger partial charge >= 0.3 is 0 Å². The average molecular weight is 155 g/mol. The molecule has 0 bridgehead atoms. The minimum absolute atomic E-state index is 0.339. The van der Waals surface area contributed by atoms with Crippen molar-refractivity contribution in [2.45, 2.75) is 45.1 Å². The molecule has 1 saturated carbocycles. The van der Waals surface area contributed by atoms with Gasteiger partial charge in [-0.2, -0.15) is 0 Å². The van der Waals surface area contributed by atoms with Gasteiger partial charge in [-0.3, -0.25) is 5.41 Å². The van der Waals surface area contributed by atoms with Gasteiger partial charge in [0.2, 0.25) is 0 Å². The van der Waals surface area contributed by atoms with Crippen LogP contribution in [0, 0.1) is 11.3 Å². The van der Waals surface area contributed by atoms with Gasteiger partial charge in [-0.05, 0) is 31.6 Å². The predicted molar refractivity (Wildman–Crippen MR) is 45.9 cm³/mol. The molecule has 0 radical (unpaired) electrons. The molecule has 0 saturated heterocycles. The van der Waals surface area contributed by atoms with E-state index in [4.69, 9.17) is 10.1 Å². The van der Waals surface area contributed by atoms with Crippen LogP contribution in [-0.2, 0) is 4.74 Å². The summed E-state index contributed by atoms with van der Waals surface area (Å²) in [5, 5.41) is 6.86. The van der Waals surface area contributed by atoms with Gasteiger partial charge in [0, 0.05) is 0 Å². The molecule has 1 N–H and O–H groups in total. The lowest BCUT2D eigenvalue weighted by atomic mass is 9.85.